The molecular weight excluding hydrogens is 307 g/mol. The fraction of sp³-hybridized carbons (Fsp3) is 1.00. The minimum atomic E-state index is -4.55. The number of alkyl halides is 9. The molecule has 0 saturated carbocycles. The van der Waals surface area contributed by atoms with E-state index < -0.39 is 64.7 Å². The average Bonchev–Trinajstić information content (AvgIpc) is 2.11. The van der Waals surface area contributed by atoms with Crippen molar-refractivity contribution in [1.29, 1.82) is 0 Å². The number of hydrogen-bond donors (Lipinski definition) is 0. The SMILES string of the molecule is FC(F)(F)CC[Si](CCC(F)(F)F)CCC(F)(F)F. The van der Waals surface area contributed by atoms with Crippen molar-refractivity contribution in [3.05, 3.63) is 0 Å². The lowest BCUT2D eigenvalue weighted by molar-refractivity contribution is -0.132. The molecule has 10 heteroatoms. The molecule has 19 heavy (non-hydrogen) atoms. The van der Waals surface area contributed by atoms with Crippen LogP contribution in [0.15, 0.2) is 0 Å². The van der Waals surface area contributed by atoms with Gasteiger partial charge in [-0.2, -0.15) is 39.5 Å². The molecule has 0 heterocycles. The van der Waals surface area contributed by atoms with Crippen molar-refractivity contribution in [3.63, 3.8) is 0 Å². The molecule has 0 N–H and O–H groups in total. The molecule has 0 nitrogen and oxygen atoms in total. The van der Waals surface area contributed by atoms with Crippen LogP contribution >= 0.6 is 0 Å². The zero-order valence-electron chi connectivity index (χ0n) is 9.64. The van der Waals surface area contributed by atoms with E-state index in [2.05, 4.69) is 0 Å². The van der Waals surface area contributed by atoms with Crippen LogP contribution in [-0.4, -0.2) is 27.3 Å². The first-order valence-corrected chi connectivity index (χ1v) is 7.44. The second kappa shape index (κ2) is 6.85. The van der Waals surface area contributed by atoms with E-state index in [1.54, 1.807) is 0 Å². The Morgan fingerprint density at radius 2 is 0.684 bits per heavy atom. The Bertz CT molecular complexity index is 209. The van der Waals surface area contributed by atoms with Crippen LogP contribution in [0, 0.1) is 0 Å². The summed E-state index contributed by atoms with van der Waals surface area (Å²) in [6.45, 7) is 0. The number of halogens is 9. The van der Waals surface area contributed by atoms with Gasteiger partial charge in [-0.3, -0.25) is 0 Å². The highest BCUT2D eigenvalue weighted by atomic mass is 28.3. The van der Waals surface area contributed by atoms with Gasteiger partial charge in [0.2, 0.25) is 0 Å². The molecule has 0 aliphatic heterocycles. The Balaban J connectivity index is 4.30. The van der Waals surface area contributed by atoms with Crippen LogP contribution in [0.3, 0.4) is 0 Å². The van der Waals surface area contributed by atoms with Crippen LogP contribution in [0.1, 0.15) is 19.3 Å². The Morgan fingerprint density at radius 1 is 0.474 bits per heavy atom. The number of hydrogen-bond acceptors (Lipinski definition) is 0. The summed E-state index contributed by atoms with van der Waals surface area (Å²) in [4.78, 5) is 0. The van der Waals surface area contributed by atoms with Crippen molar-refractivity contribution in [3.8, 4) is 0 Å². The van der Waals surface area contributed by atoms with Crippen LogP contribution in [0.5, 0.6) is 0 Å². The predicted octanol–water partition coefficient (Wildman–Crippen LogP) is 5.34. The van der Waals surface area contributed by atoms with E-state index in [-0.39, 0.29) is 0 Å². The maximum Gasteiger partial charge on any atom is 0.388 e. The molecule has 0 rings (SSSR count). The Hall–Kier alpha value is -0.413. The van der Waals surface area contributed by atoms with Crippen molar-refractivity contribution in [2.24, 2.45) is 0 Å². The van der Waals surface area contributed by atoms with E-state index in [1.165, 1.54) is 0 Å². The Labute approximate surface area is 105 Å². The van der Waals surface area contributed by atoms with Crippen LogP contribution in [-0.2, 0) is 0 Å². The molecular formula is C9H12F9Si. The van der Waals surface area contributed by atoms with E-state index in [1.807, 2.05) is 0 Å². The average molecular weight is 319 g/mol. The fourth-order valence-electron chi connectivity index (χ4n) is 1.33. The first kappa shape index (κ1) is 18.6. The molecule has 0 fully saturated rings. The van der Waals surface area contributed by atoms with Gasteiger partial charge in [0.1, 0.15) is 0 Å². The maximum absolute atomic E-state index is 11.9. The summed E-state index contributed by atoms with van der Waals surface area (Å²) >= 11 is 0. The molecule has 0 unspecified atom stereocenters. The van der Waals surface area contributed by atoms with E-state index in [0.29, 0.717) is 0 Å². The first-order valence-electron chi connectivity index (χ1n) is 5.32. The van der Waals surface area contributed by atoms with Crippen LogP contribution in [0.25, 0.3) is 0 Å². The zero-order chi connectivity index (χ0) is 15.3. The molecule has 0 atom stereocenters. The molecule has 115 valence electrons. The summed E-state index contributed by atoms with van der Waals surface area (Å²) in [6, 6.07) is -1.83. The van der Waals surface area contributed by atoms with Gasteiger partial charge in [0.05, 0.1) is 0 Å². The smallest absolute Gasteiger partial charge is 0.171 e. The molecule has 0 saturated heterocycles. The van der Waals surface area contributed by atoms with E-state index >= 15 is 0 Å². The van der Waals surface area contributed by atoms with Crippen LogP contribution in [0.4, 0.5) is 39.5 Å². The highest BCUT2D eigenvalue weighted by Gasteiger charge is 2.34. The van der Waals surface area contributed by atoms with Crippen molar-refractivity contribution < 1.29 is 39.5 Å². The van der Waals surface area contributed by atoms with E-state index in [9.17, 15) is 39.5 Å². The molecule has 0 spiro atoms. The standard InChI is InChI=1S/C9H12F9Si/c10-7(11,12)1-4-19(5-2-8(13,14)15)6-3-9(16,17)18/h1-6H2. The van der Waals surface area contributed by atoms with Gasteiger partial charge in [-0.15, -0.1) is 0 Å². The highest BCUT2D eigenvalue weighted by Crippen LogP contribution is 2.31. The third-order valence-electron chi connectivity index (χ3n) is 2.29. The lowest BCUT2D eigenvalue weighted by atomic mass is 10.5. The highest BCUT2D eigenvalue weighted by molar-refractivity contribution is 6.58. The van der Waals surface area contributed by atoms with Gasteiger partial charge in [-0.1, -0.05) is 18.1 Å². The predicted molar refractivity (Wildman–Crippen MR) is 52.2 cm³/mol. The third-order valence-corrected chi connectivity index (χ3v) is 5.16. The largest absolute Gasteiger partial charge is 0.388 e. The van der Waals surface area contributed by atoms with Crippen molar-refractivity contribution >= 4 is 8.80 Å². The minimum absolute atomic E-state index is 0.611. The van der Waals surface area contributed by atoms with Crippen molar-refractivity contribution in [2.75, 3.05) is 0 Å². The van der Waals surface area contributed by atoms with E-state index in [4.69, 9.17) is 0 Å². The molecule has 0 aromatic carbocycles. The summed E-state index contributed by atoms with van der Waals surface area (Å²) < 4.78 is 107. The molecule has 0 aromatic rings. The normalized spacial score (nSPS) is 14.2. The second-order valence-corrected chi connectivity index (χ2v) is 7.10. The van der Waals surface area contributed by atoms with Crippen LogP contribution < -0.4 is 0 Å². The van der Waals surface area contributed by atoms with Gasteiger partial charge >= 0.3 is 18.5 Å². The monoisotopic (exact) mass is 319 g/mol. The molecule has 0 aliphatic carbocycles. The lowest BCUT2D eigenvalue weighted by Crippen LogP contribution is -2.22. The number of rotatable bonds is 6. The molecule has 0 aliphatic rings. The maximum atomic E-state index is 11.9. The second-order valence-electron chi connectivity index (χ2n) is 4.10. The minimum Gasteiger partial charge on any atom is -0.171 e. The summed E-state index contributed by atoms with van der Waals surface area (Å²) in [7, 11) is -2.30. The van der Waals surface area contributed by atoms with Crippen LogP contribution in [0.2, 0.25) is 18.1 Å². The summed E-state index contributed by atoms with van der Waals surface area (Å²) in [5.41, 5.74) is 0. The third kappa shape index (κ3) is 13.8. The first-order chi connectivity index (χ1) is 8.29. The fourth-order valence-corrected chi connectivity index (χ4v) is 3.99. The molecule has 0 amide bonds. The quantitative estimate of drug-likeness (QED) is 0.458. The summed E-state index contributed by atoms with van der Waals surface area (Å²) in [6.07, 6.45) is -17.6. The molecule has 0 bridgehead atoms. The van der Waals surface area contributed by atoms with Crippen molar-refractivity contribution in [2.45, 2.75) is 55.9 Å². The van der Waals surface area contributed by atoms with Gasteiger partial charge in [-0.05, 0) is 0 Å². The van der Waals surface area contributed by atoms with Gasteiger partial charge in [-0.25, -0.2) is 0 Å². The van der Waals surface area contributed by atoms with Gasteiger partial charge in [0.15, 0.2) is 0 Å². The molecule has 1 radical (unpaired) electrons. The van der Waals surface area contributed by atoms with E-state index in [0.717, 1.165) is 0 Å². The lowest BCUT2D eigenvalue weighted by Gasteiger charge is -2.18. The summed E-state index contributed by atoms with van der Waals surface area (Å²) in [5, 5.41) is 0. The van der Waals surface area contributed by atoms with Crippen molar-refractivity contribution in [1.82, 2.24) is 0 Å². The summed E-state index contributed by atoms with van der Waals surface area (Å²) in [5.74, 6) is 0. The Morgan fingerprint density at radius 3 is 0.842 bits per heavy atom. The Kier molecular flexibility index (Phi) is 6.70. The molecule has 0 aromatic heterocycles. The van der Waals surface area contributed by atoms with Gasteiger partial charge in [0.25, 0.3) is 0 Å². The van der Waals surface area contributed by atoms with Gasteiger partial charge < -0.3 is 0 Å². The zero-order valence-corrected chi connectivity index (χ0v) is 10.6. The topological polar surface area (TPSA) is 0 Å². The van der Waals surface area contributed by atoms with Gasteiger partial charge in [0, 0.05) is 28.1 Å².